The molecule has 1 aromatic heterocycles. The number of allylic oxidation sites excluding steroid dienone is 4. The molecule has 0 aliphatic heterocycles. The number of hydrogen-bond acceptors (Lipinski definition) is 1. The number of furan rings is 1. The Hall–Kier alpha value is -5.40. The highest BCUT2D eigenvalue weighted by Crippen LogP contribution is 2.42. The van der Waals surface area contributed by atoms with E-state index in [1.807, 2.05) is 0 Å². The molecule has 0 saturated heterocycles. The molecule has 0 atom stereocenters. The van der Waals surface area contributed by atoms with Gasteiger partial charge in [0.2, 0.25) is 0 Å². The summed E-state index contributed by atoms with van der Waals surface area (Å²) in [5.74, 6) is -0.770. The average Bonchev–Trinajstić information content (AvgIpc) is 3.69. The van der Waals surface area contributed by atoms with Crippen molar-refractivity contribution in [3.05, 3.63) is 169 Å². The molecule has 1 heterocycles. The molecule has 0 amide bonds. The minimum absolute atomic E-state index is 0.384. The molecule has 0 bridgehead atoms. The molecule has 0 fully saturated rings. The molecule has 1 nitrogen and oxygen atoms in total. The quantitative estimate of drug-likeness (QED) is 0.148. The normalized spacial score (nSPS) is 22.0. The van der Waals surface area contributed by atoms with Gasteiger partial charge in [-0.3, -0.25) is 0 Å². The van der Waals surface area contributed by atoms with E-state index in [-0.39, 0.29) is 0 Å². The summed E-state index contributed by atoms with van der Waals surface area (Å²) < 4.78 is 232. The largest absolute Gasteiger partial charge is 0.455 e. The van der Waals surface area contributed by atoms with Gasteiger partial charge in [-0.25, -0.2) is 0 Å². The van der Waals surface area contributed by atoms with Crippen molar-refractivity contribution in [2.45, 2.75) is 0 Å². The SMILES string of the molecule is [2H]C=C(/C([2H])=C(/[2H])C(=C[2H])c1c2c([2H])c([2H])c([2H])c([2H])c2c(-c2c([2H])c([2H])c([2H])c([2H])c2[2H])c2c([2H])c([2H])c([2H])c([2H])c12)c1c(-c2c([2H])c([2H])c([2H])c([2H])c2[2H])oc2c([2H])c([2H])c([2H])c([2H])c12. The standard InChI is InChI=1S/C40H28O/c1-27(25-26-28(2)38-35-23-13-14-24-36(35)41-40(38)30-17-7-4-8-18-30)37-31-19-9-11-21-33(31)39(29-15-5-3-6-16-29)34-22-12-10-20-32(34)37/h3-26H,1-2H2/b26-25-/i1D,2D,3D,4D,5D,6D,7D,8D,9D,10D,11D,12D,13D,14D,15D,16D,17D,18D,19D,20D,21D,22D,23D,24D,25D,26D/b26-25-,27-1?,28-2?. The van der Waals surface area contributed by atoms with Crippen molar-refractivity contribution in [1.82, 2.24) is 0 Å². The molecule has 194 valence electrons. The number of benzene rings is 6. The molecule has 0 aliphatic rings. The van der Waals surface area contributed by atoms with E-state index in [4.69, 9.17) is 34.6 Å². The van der Waals surface area contributed by atoms with Crippen LogP contribution in [0.4, 0.5) is 0 Å². The Labute approximate surface area is 276 Å². The Morgan fingerprint density at radius 3 is 1.59 bits per heavy atom. The Kier molecular flexibility index (Phi) is 2.34. The van der Waals surface area contributed by atoms with Crippen LogP contribution in [0.15, 0.2) is 163 Å². The third-order valence-electron chi connectivity index (χ3n) is 6.06. The predicted molar refractivity (Wildman–Crippen MR) is 176 cm³/mol. The van der Waals surface area contributed by atoms with Gasteiger partial charge in [0.05, 0.1) is 35.6 Å². The van der Waals surface area contributed by atoms with Crippen LogP contribution in [0.1, 0.15) is 46.8 Å². The zero-order valence-corrected chi connectivity index (χ0v) is 20.6. The summed E-state index contributed by atoms with van der Waals surface area (Å²) in [5, 5.41) is -3.37. The van der Waals surface area contributed by atoms with Crippen molar-refractivity contribution in [1.29, 1.82) is 0 Å². The maximum Gasteiger partial charge on any atom is 0.143 e. The minimum Gasteiger partial charge on any atom is -0.455 e. The van der Waals surface area contributed by atoms with Crippen molar-refractivity contribution >= 4 is 43.7 Å². The van der Waals surface area contributed by atoms with E-state index in [9.17, 15) is 5.48 Å². The number of fused-ring (bicyclic) bond motifs is 3. The second-order valence-electron chi connectivity index (χ2n) is 8.34. The van der Waals surface area contributed by atoms with Gasteiger partial charge in [0, 0.05) is 16.5 Å². The highest BCUT2D eigenvalue weighted by Gasteiger charge is 2.18. The van der Waals surface area contributed by atoms with Crippen LogP contribution in [-0.2, 0) is 0 Å². The van der Waals surface area contributed by atoms with Crippen LogP contribution in [0.5, 0.6) is 0 Å². The predicted octanol–water partition coefficient (Wildman–Crippen LogP) is 11.4. The van der Waals surface area contributed by atoms with E-state index in [0.29, 0.717) is 13.1 Å². The van der Waals surface area contributed by atoms with Crippen LogP contribution < -0.4 is 0 Å². The Balaban J connectivity index is 1.72. The summed E-state index contributed by atoms with van der Waals surface area (Å²) in [4.78, 5) is 0. The smallest absolute Gasteiger partial charge is 0.143 e. The van der Waals surface area contributed by atoms with E-state index < -0.39 is 222 Å². The van der Waals surface area contributed by atoms with Crippen molar-refractivity contribution < 1.29 is 40.1 Å². The van der Waals surface area contributed by atoms with Gasteiger partial charge < -0.3 is 4.42 Å². The molecule has 6 aromatic carbocycles. The molecular weight excluding hydrogens is 496 g/mol. The highest BCUT2D eigenvalue weighted by atomic mass is 16.3. The van der Waals surface area contributed by atoms with Crippen LogP contribution in [0.2, 0.25) is 0 Å². The highest BCUT2D eigenvalue weighted by molar-refractivity contribution is 6.19. The lowest BCUT2D eigenvalue weighted by molar-refractivity contribution is 0.630. The van der Waals surface area contributed by atoms with Gasteiger partial charge in [-0.15, -0.1) is 0 Å². The fraction of sp³-hybridized carbons (Fsp3) is 0. The van der Waals surface area contributed by atoms with Crippen molar-refractivity contribution in [2.24, 2.45) is 0 Å². The Bertz CT molecular complexity index is 3390. The van der Waals surface area contributed by atoms with Crippen LogP contribution in [0, 0.1) is 0 Å². The number of hydrogen-bond donors (Lipinski definition) is 0. The Morgan fingerprint density at radius 2 is 1.00 bits per heavy atom. The molecule has 1 heteroatoms. The molecule has 0 spiro atoms. The minimum atomic E-state index is -1.16. The Morgan fingerprint density at radius 1 is 0.537 bits per heavy atom. The van der Waals surface area contributed by atoms with Crippen molar-refractivity contribution in [3.63, 3.8) is 0 Å². The molecule has 7 aromatic rings. The van der Waals surface area contributed by atoms with Gasteiger partial charge in [0.1, 0.15) is 11.3 Å². The zero-order valence-electron chi connectivity index (χ0n) is 46.6. The third kappa shape index (κ3) is 4.29. The molecule has 7 rings (SSSR count). The summed E-state index contributed by atoms with van der Waals surface area (Å²) in [7, 11) is 0. The first-order chi connectivity index (χ1) is 31.2. The lowest BCUT2D eigenvalue weighted by atomic mass is 9.86. The van der Waals surface area contributed by atoms with Gasteiger partial charge in [-0.1, -0.05) is 152 Å². The lowest BCUT2D eigenvalue weighted by Gasteiger charge is -2.17. The molecule has 0 saturated carbocycles. The van der Waals surface area contributed by atoms with Crippen molar-refractivity contribution in [2.75, 3.05) is 0 Å². The molecule has 41 heavy (non-hydrogen) atoms. The van der Waals surface area contributed by atoms with Crippen molar-refractivity contribution in [3.8, 4) is 22.5 Å². The second-order valence-corrected chi connectivity index (χ2v) is 8.34. The zero-order chi connectivity index (χ0) is 50.1. The van der Waals surface area contributed by atoms with Crippen LogP contribution >= 0.6 is 0 Å². The maximum absolute atomic E-state index is 9.53. The monoisotopic (exact) mass is 550 g/mol. The van der Waals surface area contributed by atoms with Gasteiger partial charge in [-0.2, -0.15) is 0 Å². The van der Waals surface area contributed by atoms with E-state index in [1.54, 1.807) is 0 Å². The first kappa shape index (κ1) is 9.33. The molecular formula is C40H28O. The summed E-state index contributed by atoms with van der Waals surface area (Å²) in [6.45, 7) is 0.786. The van der Waals surface area contributed by atoms with Gasteiger partial charge in [0.25, 0.3) is 0 Å². The summed E-state index contributed by atoms with van der Waals surface area (Å²) in [6.07, 6.45) is 0. The average molecular weight is 551 g/mol. The summed E-state index contributed by atoms with van der Waals surface area (Å²) >= 11 is 0. The van der Waals surface area contributed by atoms with E-state index in [1.165, 1.54) is 0 Å². The van der Waals surface area contributed by atoms with Crippen LogP contribution in [0.25, 0.3) is 66.1 Å². The van der Waals surface area contributed by atoms with E-state index >= 15 is 0 Å². The van der Waals surface area contributed by atoms with Crippen LogP contribution in [-0.4, -0.2) is 0 Å². The lowest BCUT2D eigenvalue weighted by Crippen LogP contribution is -1.92. The topological polar surface area (TPSA) is 13.1 Å². The fourth-order valence-corrected chi connectivity index (χ4v) is 4.40. The first-order valence-electron chi connectivity index (χ1n) is 24.9. The summed E-state index contributed by atoms with van der Waals surface area (Å²) in [6, 6.07) is -22.3. The molecule has 0 radical (unpaired) electrons. The second kappa shape index (κ2) is 10.3. The van der Waals surface area contributed by atoms with Gasteiger partial charge >= 0.3 is 0 Å². The molecule has 0 N–H and O–H groups in total. The van der Waals surface area contributed by atoms with Crippen LogP contribution in [0.3, 0.4) is 0 Å². The van der Waals surface area contributed by atoms with E-state index in [2.05, 4.69) is 0 Å². The fourth-order valence-electron chi connectivity index (χ4n) is 4.40. The first-order valence-corrected chi connectivity index (χ1v) is 11.7. The maximum atomic E-state index is 9.53. The number of rotatable bonds is 6. The van der Waals surface area contributed by atoms with E-state index in [0.717, 1.165) is 0 Å². The molecule has 0 aliphatic carbocycles. The summed E-state index contributed by atoms with van der Waals surface area (Å²) in [5.41, 5.74) is -5.82. The van der Waals surface area contributed by atoms with Gasteiger partial charge in [0.15, 0.2) is 0 Å². The number of para-hydroxylation sites is 1. The third-order valence-corrected chi connectivity index (χ3v) is 6.06. The van der Waals surface area contributed by atoms with Gasteiger partial charge in [-0.05, 0) is 55.4 Å². The molecule has 0 unspecified atom stereocenters.